The average molecular weight is 242 g/mol. The van der Waals surface area contributed by atoms with E-state index in [0.29, 0.717) is 12.1 Å². The van der Waals surface area contributed by atoms with E-state index in [1.807, 2.05) is 0 Å². The number of carboxylic acid groups (broad SMARTS) is 1. The largest absolute Gasteiger partial charge is 0.480 e. The van der Waals surface area contributed by atoms with Crippen LogP contribution in [0.4, 0.5) is 0 Å². The van der Waals surface area contributed by atoms with Crippen molar-refractivity contribution in [3.05, 3.63) is 26.9 Å². The Balaban J connectivity index is 3.55. The summed E-state index contributed by atoms with van der Waals surface area (Å²) in [5, 5.41) is 17.2. The Morgan fingerprint density at radius 2 is 2.31 bits per heavy atom. The minimum absolute atomic E-state index is 0.0562. The third-order valence-electron chi connectivity index (χ3n) is 1.93. The van der Waals surface area contributed by atoms with E-state index in [0.717, 1.165) is 4.57 Å². The van der Waals surface area contributed by atoms with Crippen LogP contribution in [-0.2, 0) is 17.8 Å². The monoisotopic (exact) mass is 241 g/mol. The molecule has 1 N–H and O–H groups in total. The molecule has 1 heterocycles. The van der Waals surface area contributed by atoms with Gasteiger partial charge in [0.1, 0.15) is 18.3 Å². The standard InChI is InChI=1S/C9H8ClN3O3/c1-2-5-6(3-11)13(4-7(14)15)9(16)8(10)12-5/h2,4H2,1H3,(H,14,15). The number of aliphatic carboxylic acids is 1. The second-order valence-corrected chi connectivity index (χ2v) is 3.31. The summed E-state index contributed by atoms with van der Waals surface area (Å²) in [5.74, 6) is -1.22. The molecule has 0 saturated heterocycles. The van der Waals surface area contributed by atoms with Crippen LogP contribution >= 0.6 is 11.6 Å². The lowest BCUT2D eigenvalue weighted by atomic mass is 10.2. The van der Waals surface area contributed by atoms with Gasteiger partial charge in [-0.2, -0.15) is 5.26 Å². The maximum absolute atomic E-state index is 11.5. The highest BCUT2D eigenvalue weighted by Crippen LogP contribution is 2.07. The number of rotatable bonds is 3. The summed E-state index contributed by atoms with van der Waals surface area (Å²) in [6.45, 7) is 1.13. The van der Waals surface area contributed by atoms with Crippen LogP contribution in [0, 0.1) is 11.3 Å². The van der Waals surface area contributed by atoms with Gasteiger partial charge in [-0.1, -0.05) is 18.5 Å². The number of carboxylic acids is 1. The van der Waals surface area contributed by atoms with Crippen LogP contribution in [0.1, 0.15) is 18.3 Å². The van der Waals surface area contributed by atoms with Crippen LogP contribution in [0.3, 0.4) is 0 Å². The molecule has 0 bridgehead atoms. The van der Waals surface area contributed by atoms with Crippen molar-refractivity contribution >= 4 is 17.6 Å². The molecule has 0 fully saturated rings. The fourth-order valence-electron chi connectivity index (χ4n) is 1.25. The van der Waals surface area contributed by atoms with Crippen molar-refractivity contribution in [3.63, 3.8) is 0 Å². The molecule has 0 saturated carbocycles. The quantitative estimate of drug-likeness (QED) is 0.827. The molecule has 0 aliphatic rings. The van der Waals surface area contributed by atoms with Crippen molar-refractivity contribution in [1.29, 1.82) is 5.26 Å². The lowest BCUT2D eigenvalue weighted by molar-refractivity contribution is -0.137. The summed E-state index contributed by atoms with van der Waals surface area (Å²) in [5.41, 5.74) is -0.509. The molecule has 1 rings (SSSR count). The third kappa shape index (κ3) is 2.20. The summed E-state index contributed by atoms with van der Waals surface area (Å²) >= 11 is 5.56. The van der Waals surface area contributed by atoms with Gasteiger partial charge in [-0.3, -0.25) is 14.2 Å². The summed E-state index contributed by atoms with van der Waals surface area (Å²) in [6.07, 6.45) is 0.391. The van der Waals surface area contributed by atoms with Crippen LogP contribution in [-0.4, -0.2) is 20.6 Å². The maximum Gasteiger partial charge on any atom is 0.323 e. The highest BCUT2D eigenvalue weighted by molar-refractivity contribution is 6.29. The molecule has 1 aromatic heterocycles. The molecule has 6 nitrogen and oxygen atoms in total. The van der Waals surface area contributed by atoms with E-state index < -0.39 is 18.1 Å². The molecule has 16 heavy (non-hydrogen) atoms. The number of hydrogen-bond donors (Lipinski definition) is 1. The van der Waals surface area contributed by atoms with Gasteiger partial charge in [0, 0.05) is 0 Å². The summed E-state index contributed by atoms with van der Waals surface area (Å²) in [7, 11) is 0. The average Bonchev–Trinajstić information content (AvgIpc) is 2.23. The lowest BCUT2D eigenvalue weighted by Gasteiger charge is -2.08. The Kier molecular flexibility index (Phi) is 3.64. The van der Waals surface area contributed by atoms with Gasteiger partial charge in [-0.25, -0.2) is 4.98 Å². The van der Waals surface area contributed by atoms with Gasteiger partial charge in [0.05, 0.1) is 5.69 Å². The zero-order valence-electron chi connectivity index (χ0n) is 8.40. The molecular weight excluding hydrogens is 234 g/mol. The Hall–Kier alpha value is -1.87. The highest BCUT2D eigenvalue weighted by atomic mass is 35.5. The Bertz CT molecular complexity index is 530. The predicted octanol–water partition coefficient (Wildman–Crippen LogP) is 0.415. The first-order chi connectivity index (χ1) is 7.51. The fourth-order valence-corrected chi connectivity index (χ4v) is 1.45. The van der Waals surface area contributed by atoms with E-state index in [1.54, 1.807) is 13.0 Å². The summed E-state index contributed by atoms with van der Waals surface area (Å²) < 4.78 is 0.816. The van der Waals surface area contributed by atoms with Crippen molar-refractivity contribution < 1.29 is 9.90 Å². The molecule has 0 spiro atoms. The van der Waals surface area contributed by atoms with E-state index in [-0.39, 0.29) is 10.8 Å². The van der Waals surface area contributed by atoms with Crippen LogP contribution in [0.25, 0.3) is 0 Å². The summed E-state index contributed by atoms with van der Waals surface area (Å²) in [4.78, 5) is 25.8. The van der Waals surface area contributed by atoms with Gasteiger partial charge in [-0.05, 0) is 6.42 Å². The fraction of sp³-hybridized carbons (Fsp3) is 0.333. The SMILES string of the molecule is CCc1nc(Cl)c(=O)n(CC(=O)O)c1C#N. The smallest absolute Gasteiger partial charge is 0.323 e. The molecule has 0 atom stereocenters. The topological polar surface area (TPSA) is 96.0 Å². The molecular formula is C9H8ClN3O3. The molecule has 0 unspecified atom stereocenters. The Morgan fingerprint density at radius 3 is 2.75 bits per heavy atom. The first-order valence-electron chi connectivity index (χ1n) is 4.42. The second kappa shape index (κ2) is 4.77. The number of halogens is 1. The molecule has 0 aliphatic carbocycles. The van der Waals surface area contributed by atoms with Crippen molar-refractivity contribution in [3.8, 4) is 6.07 Å². The molecule has 1 aromatic rings. The Labute approximate surface area is 95.7 Å². The first kappa shape index (κ1) is 12.2. The van der Waals surface area contributed by atoms with Gasteiger partial charge < -0.3 is 5.11 Å². The second-order valence-electron chi connectivity index (χ2n) is 2.95. The van der Waals surface area contributed by atoms with Gasteiger partial charge in [0.25, 0.3) is 5.56 Å². The number of nitriles is 1. The van der Waals surface area contributed by atoms with Crippen LogP contribution in [0.15, 0.2) is 4.79 Å². The minimum Gasteiger partial charge on any atom is -0.480 e. The highest BCUT2D eigenvalue weighted by Gasteiger charge is 2.15. The van der Waals surface area contributed by atoms with Crippen molar-refractivity contribution in [2.75, 3.05) is 0 Å². The zero-order chi connectivity index (χ0) is 12.3. The molecule has 0 amide bonds. The maximum atomic E-state index is 11.5. The van der Waals surface area contributed by atoms with E-state index in [4.69, 9.17) is 22.0 Å². The molecule has 84 valence electrons. The van der Waals surface area contributed by atoms with Crippen molar-refractivity contribution in [2.45, 2.75) is 19.9 Å². The number of hydrogen-bond acceptors (Lipinski definition) is 4. The number of nitrogens with zero attached hydrogens (tertiary/aromatic N) is 3. The third-order valence-corrected chi connectivity index (χ3v) is 2.18. The minimum atomic E-state index is -1.22. The number of aryl methyl sites for hydroxylation is 1. The molecule has 0 radical (unpaired) electrons. The van der Waals surface area contributed by atoms with Gasteiger partial charge in [-0.15, -0.1) is 0 Å². The van der Waals surface area contributed by atoms with E-state index in [9.17, 15) is 9.59 Å². The van der Waals surface area contributed by atoms with Gasteiger partial charge in [0.2, 0.25) is 0 Å². The molecule has 0 aromatic carbocycles. The van der Waals surface area contributed by atoms with Crippen LogP contribution in [0.2, 0.25) is 5.15 Å². The van der Waals surface area contributed by atoms with Crippen molar-refractivity contribution in [1.82, 2.24) is 9.55 Å². The van der Waals surface area contributed by atoms with Crippen molar-refractivity contribution in [2.24, 2.45) is 0 Å². The van der Waals surface area contributed by atoms with Crippen LogP contribution < -0.4 is 5.56 Å². The Morgan fingerprint density at radius 1 is 1.69 bits per heavy atom. The molecule has 7 heteroatoms. The predicted molar refractivity (Wildman–Crippen MR) is 55.2 cm³/mol. The van der Waals surface area contributed by atoms with E-state index >= 15 is 0 Å². The van der Waals surface area contributed by atoms with Gasteiger partial charge >= 0.3 is 5.97 Å². The van der Waals surface area contributed by atoms with Crippen LogP contribution in [0.5, 0.6) is 0 Å². The number of carbonyl (C=O) groups is 1. The molecule has 0 aliphatic heterocycles. The lowest BCUT2D eigenvalue weighted by Crippen LogP contribution is -2.29. The normalized spacial score (nSPS) is 9.81. The van der Waals surface area contributed by atoms with Gasteiger partial charge in [0.15, 0.2) is 5.15 Å². The first-order valence-corrected chi connectivity index (χ1v) is 4.80. The van der Waals surface area contributed by atoms with E-state index in [2.05, 4.69) is 4.98 Å². The number of aromatic nitrogens is 2. The zero-order valence-corrected chi connectivity index (χ0v) is 9.15. The van der Waals surface area contributed by atoms with E-state index in [1.165, 1.54) is 0 Å². The summed E-state index contributed by atoms with van der Waals surface area (Å²) in [6, 6.07) is 1.77.